The molecule has 1 aromatic heterocycles. The van der Waals surface area contributed by atoms with Gasteiger partial charge in [-0.2, -0.15) is 0 Å². The zero-order valence-corrected chi connectivity index (χ0v) is 14.5. The van der Waals surface area contributed by atoms with Gasteiger partial charge < -0.3 is 5.32 Å². The summed E-state index contributed by atoms with van der Waals surface area (Å²) in [6.07, 6.45) is 1.84. The molecule has 3 rings (SSSR count). The first-order valence-corrected chi connectivity index (χ1v) is 8.30. The lowest BCUT2D eigenvalue weighted by Crippen LogP contribution is -2.13. The van der Waals surface area contributed by atoms with Crippen LogP contribution in [0.1, 0.15) is 11.1 Å². The van der Waals surface area contributed by atoms with E-state index in [-0.39, 0.29) is 0 Å². The number of benzene rings is 2. The Morgan fingerprint density at radius 1 is 0.905 bits per heavy atom. The minimum absolute atomic E-state index is 0.808. The maximum absolute atomic E-state index is 4.48. The van der Waals surface area contributed by atoms with Crippen molar-refractivity contribution in [1.82, 2.24) is 10.3 Å². The first-order valence-electron chi connectivity index (χ1n) is 6.71. The number of fused-ring (bicyclic) bond motifs is 1. The molecule has 0 bridgehead atoms. The van der Waals surface area contributed by atoms with E-state index >= 15 is 0 Å². The Morgan fingerprint density at radius 3 is 2.62 bits per heavy atom. The molecule has 2 aromatic carbocycles. The highest BCUT2D eigenvalue weighted by Crippen LogP contribution is 2.23. The molecule has 0 fully saturated rings. The number of aromatic nitrogens is 1. The number of nitrogens with one attached hydrogen (secondary N) is 1. The monoisotopic (exact) mass is 404 g/mol. The molecule has 0 atom stereocenters. The van der Waals surface area contributed by atoms with Crippen LogP contribution in [0.3, 0.4) is 0 Å². The Labute approximate surface area is 140 Å². The van der Waals surface area contributed by atoms with Crippen LogP contribution in [0.15, 0.2) is 63.7 Å². The summed E-state index contributed by atoms with van der Waals surface area (Å²) in [4.78, 5) is 4.48. The minimum atomic E-state index is 0.808. The van der Waals surface area contributed by atoms with Crippen LogP contribution in [0.25, 0.3) is 10.9 Å². The fourth-order valence-electron chi connectivity index (χ4n) is 2.30. The summed E-state index contributed by atoms with van der Waals surface area (Å²) < 4.78 is 2.15. The second-order valence-electron chi connectivity index (χ2n) is 4.84. The third-order valence-electron chi connectivity index (χ3n) is 3.34. The molecule has 0 aliphatic carbocycles. The highest BCUT2D eigenvalue weighted by atomic mass is 79.9. The van der Waals surface area contributed by atoms with Gasteiger partial charge in [0.1, 0.15) is 0 Å². The van der Waals surface area contributed by atoms with Crippen LogP contribution in [0.5, 0.6) is 0 Å². The first-order chi connectivity index (χ1) is 10.2. The molecule has 21 heavy (non-hydrogen) atoms. The van der Waals surface area contributed by atoms with Gasteiger partial charge in [-0.3, -0.25) is 4.98 Å². The van der Waals surface area contributed by atoms with E-state index in [4.69, 9.17) is 0 Å². The second-order valence-corrected chi connectivity index (χ2v) is 6.55. The zero-order chi connectivity index (χ0) is 14.7. The van der Waals surface area contributed by atoms with Gasteiger partial charge >= 0.3 is 0 Å². The molecule has 0 aliphatic rings. The molecular weight excluding hydrogens is 392 g/mol. The molecule has 0 amide bonds. The third-order valence-corrected chi connectivity index (χ3v) is 5.22. The molecule has 0 spiro atoms. The molecule has 0 aliphatic heterocycles. The van der Waals surface area contributed by atoms with Crippen LogP contribution in [0.2, 0.25) is 0 Å². The van der Waals surface area contributed by atoms with Crippen molar-refractivity contribution in [3.05, 3.63) is 74.8 Å². The maximum atomic E-state index is 4.48. The molecule has 3 aromatic rings. The van der Waals surface area contributed by atoms with Crippen molar-refractivity contribution in [3.8, 4) is 0 Å². The Bertz CT molecular complexity index is 766. The Morgan fingerprint density at radius 2 is 1.76 bits per heavy atom. The molecule has 2 nitrogen and oxygen atoms in total. The highest BCUT2D eigenvalue weighted by Gasteiger charge is 2.02. The van der Waals surface area contributed by atoms with Crippen LogP contribution in [0, 0.1) is 0 Å². The smallest absolute Gasteiger partial charge is 0.0746 e. The van der Waals surface area contributed by atoms with Crippen molar-refractivity contribution < 1.29 is 0 Å². The molecule has 0 radical (unpaired) electrons. The quantitative estimate of drug-likeness (QED) is 0.656. The highest BCUT2D eigenvalue weighted by molar-refractivity contribution is 9.13. The number of para-hydroxylation sites is 1. The van der Waals surface area contributed by atoms with Gasteiger partial charge in [0.2, 0.25) is 0 Å². The maximum Gasteiger partial charge on any atom is 0.0746 e. The summed E-state index contributed by atoms with van der Waals surface area (Å²) in [5, 5.41) is 4.66. The first kappa shape index (κ1) is 14.7. The van der Waals surface area contributed by atoms with E-state index in [1.54, 1.807) is 0 Å². The minimum Gasteiger partial charge on any atom is -0.309 e. The molecule has 0 unspecified atom stereocenters. The molecule has 0 saturated carbocycles. The summed E-state index contributed by atoms with van der Waals surface area (Å²) in [5.41, 5.74) is 3.55. The predicted molar refractivity (Wildman–Crippen MR) is 94.1 cm³/mol. The number of nitrogens with zero attached hydrogens (tertiary/aromatic N) is 1. The summed E-state index contributed by atoms with van der Waals surface area (Å²) in [6.45, 7) is 1.64. The van der Waals surface area contributed by atoms with Gasteiger partial charge in [-0.15, -0.1) is 0 Å². The summed E-state index contributed by atoms with van der Waals surface area (Å²) >= 11 is 7.02. The Kier molecular flexibility index (Phi) is 4.68. The predicted octanol–water partition coefficient (Wildman–Crippen LogP) is 5.05. The van der Waals surface area contributed by atoms with Gasteiger partial charge in [-0.1, -0.05) is 30.3 Å². The van der Waals surface area contributed by atoms with Gasteiger partial charge in [-0.25, -0.2) is 0 Å². The van der Waals surface area contributed by atoms with E-state index in [0.717, 1.165) is 27.6 Å². The van der Waals surface area contributed by atoms with Crippen molar-refractivity contribution in [1.29, 1.82) is 0 Å². The van der Waals surface area contributed by atoms with Gasteiger partial charge in [0.25, 0.3) is 0 Å². The van der Waals surface area contributed by atoms with E-state index in [0.29, 0.717) is 0 Å². The average molecular weight is 406 g/mol. The Hall–Kier alpha value is -1.23. The van der Waals surface area contributed by atoms with Crippen molar-refractivity contribution in [2.75, 3.05) is 0 Å². The van der Waals surface area contributed by atoms with Gasteiger partial charge in [0, 0.05) is 33.6 Å². The third kappa shape index (κ3) is 3.51. The summed E-state index contributed by atoms with van der Waals surface area (Å²) in [7, 11) is 0. The molecule has 0 saturated heterocycles. The Balaban J connectivity index is 1.70. The van der Waals surface area contributed by atoms with Crippen LogP contribution >= 0.6 is 31.9 Å². The van der Waals surface area contributed by atoms with Crippen LogP contribution in [-0.2, 0) is 13.1 Å². The van der Waals surface area contributed by atoms with Gasteiger partial charge in [0.15, 0.2) is 0 Å². The summed E-state index contributed by atoms with van der Waals surface area (Å²) in [6, 6.07) is 16.7. The van der Waals surface area contributed by atoms with E-state index in [1.165, 1.54) is 16.5 Å². The molecule has 4 heteroatoms. The molecule has 1 N–H and O–H groups in total. The van der Waals surface area contributed by atoms with Crippen molar-refractivity contribution in [3.63, 3.8) is 0 Å². The second kappa shape index (κ2) is 6.69. The largest absolute Gasteiger partial charge is 0.309 e. The standard InChI is InChI=1S/C17H14Br2N2/c18-15-7-6-12(9-16(15)19)10-20-11-14-4-1-3-13-5-2-8-21-17(13)14/h1-9,20H,10-11H2. The number of hydrogen-bond acceptors (Lipinski definition) is 2. The van der Waals surface area contributed by atoms with E-state index in [9.17, 15) is 0 Å². The zero-order valence-electron chi connectivity index (χ0n) is 11.3. The van der Waals surface area contributed by atoms with Crippen molar-refractivity contribution in [2.24, 2.45) is 0 Å². The molecule has 1 heterocycles. The average Bonchev–Trinajstić information content (AvgIpc) is 2.51. The summed E-state index contributed by atoms with van der Waals surface area (Å²) in [5.74, 6) is 0. The number of pyridine rings is 1. The fraction of sp³-hybridized carbons (Fsp3) is 0.118. The molecular formula is C17H14Br2N2. The van der Waals surface area contributed by atoms with Crippen LogP contribution in [0.4, 0.5) is 0 Å². The van der Waals surface area contributed by atoms with Crippen LogP contribution in [-0.4, -0.2) is 4.98 Å². The van der Waals surface area contributed by atoms with E-state index in [1.807, 2.05) is 12.3 Å². The lowest BCUT2D eigenvalue weighted by atomic mass is 10.1. The van der Waals surface area contributed by atoms with E-state index in [2.05, 4.69) is 84.6 Å². The number of halogens is 2. The number of hydrogen-bond donors (Lipinski definition) is 1. The van der Waals surface area contributed by atoms with Gasteiger partial charge in [0.05, 0.1) is 5.52 Å². The SMILES string of the molecule is Brc1ccc(CNCc2cccc3cccnc23)cc1Br. The van der Waals surface area contributed by atoms with Gasteiger partial charge in [-0.05, 0) is 61.2 Å². The lowest BCUT2D eigenvalue weighted by molar-refractivity contribution is 0.695. The molecule has 106 valence electrons. The van der Waals surface area contributed by atoms with E-state index < -0.39 is 0 Å². The van der Waals surface area contributed by atoms with Crippen molar-refractivity contribution >= 4 is 42.8 Å². The normalized spacial score (nSPS) is 11.0. The van der Waals surface area contributed by atoms with Crippen molar-refractivity contribution in [2.45, 2.75) is 13.1 Å². The fourth-order valence-corrected chi connectivity index (χ4v) is 2.97. The topological polar surface area (TPSA) is 24.9 Å². The van der Waals surface area contributed by atoms with Crippen LogP contribution < -0.4 is 5.32 Å². The number of rotatable bonds is 4. The lowest BCUT2D eigenvalue weighted by Gasteiger charge is -2.08.